The van der Waals surface area contributed by atoms with Gasteiger partial charge in [-0.1, -0.05) is 0 Å². The first kappa shape index (κ1) is 14.0. The molecule has 0 fully saturated rings. The lowest BCUT2D eigenvalue weighted by molar-refractivity contribution is 0.157. The predicted molar refractivity (Wildman–Crippen MR) is 84.4 cm³/mol. The van der Waals surface area contributed by atoms with Crippen molar-refractivity contribution in [1.82, 2.24) is 4.57 Å². The minimum atomic E-state index is -0.569. The van der Waals surface area contributed by atoms with Crippen LogP contribution in [0.1, 0.15) is 25.0 Å². The van der Waals surface area contributed by atoms with Gasteiger partial charge in [0.15, 0.2) is 0 Å². The van der Waals surface area contributed by atoms with Crippen molar-refractivity contribution >= 4 is 11.4 Å². The summed E-state index contributed by atoms with van der Waals surface area (Å²) < 4.78 is 7.39. The lowest BCUT2D eigenvalue weighted by atomic mass is 9.97. The normalized spacial score (nSPS) is 15.2. The molecule has 5 nitrogen and oxygen atoms in total. The van der Waals surface area contributed by atoms with Crippen LogP contribution in [0.5, 0.6) is 5.75 Å². The monoisotopic (exact) mass is 293 g/mol. The zero-order valence-corrected chi connectivity index (χ0v) is 12.3. The summed E-state index contributed by atoms with van der Waals surface area (Å²) in [4.78, 5) is 12.2. The fourth-order valence-electron chi connectivity index (χ4n) is 2.50. The summed E-state index contributed by atoms with van der Waals surface area (Å²) >= 11 is 0. The molecule has 0 amide bonds. The third-order valence-corrected chi connectivity index (χ3v) is 3.44. The van der Waals surface area contributed by atoms with Gasteiger partial charge < -0.3 is 10.5 Å². The van der Waals surface area contributed by atoms with E-state index in [1.54, 1.807) is 30.5 Å². The van der Waals surface area contributed by atoms with Crippen molar-refractivity contribution in [3.05, 3.63) is 64.1 Å². The molecule has 1 aliphatic rings. The van der Waals surface area contributed by atoms with E-state index in [9.17, 15) is 4.79 Å². The third-order valence-electron chi connectivity index (χ3n) is 3.44. The number of hydrogen-bond acceptors (Lipinski definition) is 4. The number of nitrogens with zero attached hydrogens (tertiary/aromatic N) is 2. The highest BCUT2D eigenvalue weighted by molar-refractivity contribution is 5.75. The topological polar surface area (TPSA) is 81.0 Å². The number of nitrogen functional groups attached to an aromatic ring is 1. The maximum atomic E-state index is 12.2. The van der Waals surface area contributed by atoms with Crippen molar-refractivity contribution in [3.63, 3.8) is 0 Å². The summed E-state index contributed by atoms with van der Waals surface area (Å²) in [5.41, 5.74) is 7.41. The Kier molecular flexibility index (Phi) is 3.03. The molecule has 22 heavy (non-hydrogen) atoms. The first-order chi connectivity index (χ1) is 10.4. The van der Waals surface area contributed by atoms with Gasteiger partial charge in [-0.15, -0.1) is 0 Å². The van der Waals surface area contributed by atoms with Crippen LogP contribution in [0.25, 0.3) is 5.70 Å². The van der Waals surface area contributed by atoms with E-state index in [2.05, 4.69) is 6.07 Å². The predicted octanol–water partition coefficient (Wildman–Crippen LogP) is 2.36. The minimum Gasteiger partial charge on any atom is -0.483 e. The largest absolute Gasteiger partial charge is 0.483 e. The van der Waals surface area contributed by atoms with Crippen LogP contribution in [-0.2, 0) is 0 Å². The highest BCUT2D eigenvalue weighted by atomic mass is 16.5. The number of nitrogens with two attached hydrogens (primary N) is 1. The standard InChI is InChI=1S/C17H15N3O2/c1-17(2)8-14(20-10-12(19)4-6-16(20)21)13-7-11(9-18)3-5-15(13)22-17/h3-8,10H,19H2,1-2H3. The molecule has 0 radical (unpaired) electrons. The van der Waals surface area contributed by atoms with Crippen LogP contribution in [0.4, 0.5) is 5.69 Å². The Bertz CT molecular complexity index is 886. The molecule has 110 valence electrons. The zero-order chi connectivity index (χ0) is 15.9. The van der Waals surface area contributed by atoms with E-state index in [1.807, 2.05) is 19.9 Å². The van der Waals surface area contributed by atoms with Gasteiger partial charge in [-0.2, -0.15) is 5.26 Å². The third kappa shape index (κ3) is 2.35. The summed E-state index contributed by atoms with van der Waals surface area (Å²) in [5, 5.41) is 9.10. The first-order valence-electron chi connectivity index (χ1n) is 6.84. The maximum absolute atomic E-state index is 12.2. The number of nitriles is 1. The van der Waals surface area contributed by atoms with Gasteiger partial charge in [-0.05, 0) is 44.2 Å². The summed E-state index contributed by atoms with van der Waals surface area (Å²) in [6, 6.07) is 10.2. The second-order valence-corrected chi connectivity index (χ2v) is 5.73. The van der Waals surface area contributed by atoms with Crippen LogP contribution in [0, 0.1) is 11.3 Å². The van der Waals surface area contributed by atoms with Crippen LogP contribution >= 0.6 is 0 Å². The van der Waals surface area contributed by atoms with Crippen molar-refractivity contribution in [2.24, 2.45) is 0 Å². The molecule has 3 rings (SSSR count). The quantitative estimate of drug-likeness (QED) is 0.875. The van der Waals surface area contributed by atoms with Gasteiger partial charge in [0.25, 0.3) is 5.56 Å². The number of anilines is 1. The van der Waals surface area contributed by atoms with Gasteiger partial charge in [0.1, 0.15) is 11.4 Å². The number of aromatic nitrogens is 1. The summed E-state index contributed by atoms with van der Waals surface area (Å²) in [6.07, 6.45) is 3.44. The molecule has 1 aliphatic heterocycles. The maximum Gasteiger partial charge on any atom is 0.255 e. The molecule has 0 unspecified atom stereocenters. The number of hydrogen-bond donors (Lipinski definition) is 1. The Morgan fingerprint density at radius 1 is 1.27 bits per heavy atom. The smallest absolute Gasteiger partial charge is 0.255 e. The molecule has 0 atom stereocenters. The Balaban J connectivity index is 2.30. The van der Waals surface area contributed by atoms with Crippen LogP contribution in [-0.4, -0.2) is 10.2 Å². The summed E-state index contributed by atoms with van der Waals surface area (Å²) in [7, 11) is 0. The van der Waals surface area contributed by atoms with Crippen molar-refractivity contribution in [2.75, 3.05) is 5.73 Å². The summed E-state index contributed by atoms with van der Waals surface area (Å²) in [6.45, 7) is 3.82. The van der Waals surface area contributed by atoms with Gasteiger partial charge in [0.2, 0.25) is 0 Å². The molecule has 5 heteroatoms. The van der Waals surface area contributed by atoms with E-state index in [0.717, 1.165) is 0 Å². The lowest BCUT2D eigenvalue weighted by Gasteiger charge is -2.31. The minimum absolute atomic E-state index is 0.188. The first-order valence-corrected chi connectivity index (χ1v) is 6.84. The van der Waals surface area contributed by atoms with Gasteiger partial charge in [-0.3, -0.25) is 9.36 Å². The van der Waals surface area contributed by atoms with E-state index in [0.29, 0.717) is 28.3 Å². The molecule has 1 aromatic carbocycles. The molecular formula is C17H15N3O2. The lowest BCUT2D eigenvalue weighted by Crippen LogP contribution is -2.32. The number of rotatable bonds is 1. The molecule has 0 bridgehead atoms. The average Bonchev–Trinajstić information content (AvgIpc) is 2.47. The fourth-order valence-corrected chi connectivity index (χ4v) is 2.50. The SMILES string of the molecule is CC1(C)C=C(n2cc(N)ccc2=O)c2cc(C#N)ccc2O1. The van der Waals surface area contributed by atoms with Crippen molar-refractivity contribution in [1.29, 1.82) is 5.26 Å². The number of pyridine rings is 1. The zero-order valence-electron chi connectivity index (χ0n) is 12.3. The second kappa shape index (κ2) is 4.78. The van der Waals surface area contributed by atoms with Crippen molar-refractivity contribution < 1.29 is 4.74 Å². The van der Waals surface area contributed by atoms with E-state index in [-0.39, 0.29) is 5.56 Å². The Morgan fingerprint density at radius 2 is 2.05 bits per heavy atom. The van der Waals surface area contributed by atoms with Gasteiger partial charge in [-0.25, -0.2) is 0 Å². The molecule has 0 saturated carbocycles. The molecule has 2 aromatic rings. The summed E-state index contributed by atoms with van der Waals surface area (Å²) in [5.74, 6) is 0.635. The Labute approximate surface area is 127 Å². The van der Waals surface area contributed by atoms with Crippen LogP contribution in [0.2, 0.25) is 0 Å². The number of fused-ring (bicyclic) bond motifs is 1. The molecule has 1 aromatic heterocycles. The Hall–Kier alpha value is -3.00. The second-order valence-electron chi connectivity index (χ2n) is 5.73. The molecule has 0 aliphatic carbocycles. The van der Waals surface area contributed by atoms with E-state index in [1.165, 1.54) is 10.6 Å². The molecular weight excluding hydrogens is 278 g/mol. The Morgan fingerprint density at radius 3 is 2.77 bits per heavy atom. The van der Waals surface area contributed by atoms with Gasteiger partial charge in [0, 0.05) is 23.5 Å². The van der Waals surface area contributed by atoms with Gasteiger partial charge >= 0.3 is 0 Å². The fraction of sp³-hybridized carbons (Fsp3) is 0.176. The van der Waals surface area contributed by atoms with E-state index in [4.69, 9.17) is 15.7 Å². The van der Waals surface area contributed by atoms with Crippen LogP contribution < -0.4 is 16.0 Å². The number of ether oxygens (including phenoxy) is 1. The molecule has 2 heterocycles. The van der Waals surface area contributed by atoms with Gasteiger partial charge in [0.05, 0.1) is 17.3 Å². The molecule has 0 saturated heterocycles. The average molecular weight is 293 g/mol. The van der Waals surface area contributed by atoms with Crippen LogP contribution in [0.15, 0.2) is 47.4 Å². The number of benzene rings is 1. The van der Waals surface area contributed by atoms with Crippen LogP contribution in [0.3, 0.4) is 0 Å². The van der Waals surface area contributed by atoms with E-state index >= 15 is 0 Å². The highest BCUT2D eigenvalue weighted by Crippen LogP contribution is 2.36. The van der Waals surface area contributed by atoms with Crippen molar-refractivity contribution in [3.8, 4) is 11.8 Å². The van der Waals surface area contributed by atoms with Crippen molar-refractivity contribution in [2.45, 2.75) is 19.4 Å². The highest BCUT2D eigenvalue weighted by Gasteiger charge is 2.28. The molecule has 2 N–H and O–H groups in total. The van der Waals surface area contributed by atoms with E-state index < -0.39 is 5.60 Å². The molecule has 0 spiro atoms.